The zero-order valence-corrected chi connectivity index (χ0v) is 15.2. The van der Waals surface area contributed by atoms with E-state index in [4.69, 9.17) is 0 Å². The van der Waals surface area contributed by atoms with Gasteiger partial charge in [0.05, 0.1) is 9.79 Å². The minimum atomic E-state index is -3.96. The van der Waals surface area contributed by atoms with Gasteiger partial charge in [0.1, 0.15) is 0 Å². The van der Waals surface area contributed by atoms with Crippen molar-refractivity contribution in [3.8, 4) is 0 Å². The molecule has 0 spiro atoms. The second kappa shape index (κ2) is 7.18. The number of sulfonamides is 2. The predicted molar refractivity (Wildman–Crippen MR) is 87.7 cm³/mol. The summed E-state index contributed by atoms with van der Waals surface area (Å²) in [6.45, 7) is 4.21. The van der Waals surface area contributed by atoms with Gasteiger partial charge in [0.25, 0.3) is 10.0 Å². The van der Waals surface area contributed by atoms with Gasteiger partial charge in [0.2, 0.25) is 15.9 Å². The average Bonchev–Trinajstić information content (AvgIpc) is 3.08. The van der Waals surface area contributed by atoms with Crippen LogP contribution in [0.3, 0.4) is 0 Å². The molecule has 1 aliphatic heterocycles. The first-order valence-electron chi connectivity index (χ1n) is 7.56. The Hall–Kier alpha value is -1.49. The molecule has 0 aromatic heterocycles. The van der Waals surface area contributed by atoms with Crippen LogP contribution in [0.15, 0.2) is 34.1 Å². The molecule has 0 unspecified atom stereocenters. The van der Waals surface area contributed by atoms with Gasteiger partial charge >= 0.3 is 0 Å². The monoisotopic (exact) mass is 375 g/mol. The summed E-state index contributed by atoms with van der Waals surface area (Å²) >= 11 is 0. The number of amides is 1. The average molecular weight is 375 g/mol. The fraction of sp³-hybridized carbons (Fsp3) is 0.500. The van der Waals surface area contributed by atoms with E-state index in [0.717, 1.165) is 12.8 Å². The van der Waals surface area contributed by atoms with Crippen molar-refractivity contribution < 1.29 is 21.6 Å². The topological polar surface area (TPSA) is 113 Å². The number of hydrazine groups is 1. The second-order valence-electron chi connectivity index (χ2n) is 5.83. The van der Waals surface area contributed by atoms with Crippen molar-refractivity contribution in [2.45, 2.75) is 36.5 Å². The molecule has 1 aliphatic rings. The number of benzene rings is 1. The van der Waals surface area contributed by atoms with Crippen molar-refractivity contribution in [3.63, 3.8) is 0 Å². The van der Waals surface area contributed by atoms with E-state index in [2.05, 4.69) is 5.43 Å². The molecule has 134 valence electrons. The molecule has 1 saturated heterocycles. The van der Waals surface area contributed by atoms with Crippen molar-refractivity contribution >= 4 is 26.0 Å². The van der Waals surface area contributed by atoms with Crippen LogP contribution >= 0.6 is 0 Å². The van der Waals surface area contributed by atoms with E-state index in [1.807, 2.05) is 4.83 Å². The second-order valence-corrected chi connectivity index (χ2v) is 9.45. The normalized spacial score (nSPS) is 16.5. The minimum Gasteiger partial charge on any atom is -0.277 e. The van der Waals surface area contributed by atoms with E-state index < -0.39 is 26.0 Å². The van der Waals surface area contributed by atoms with Gasteiger partial charge in [-0.05, 0) is 37.1 Å². The van der Waals surface area contributed by atoms with Crippen LogP contribution in [-0.4, -0.2) is 40.1 Å². The summed E-state index contributed by atoms with van der Waals surface area (Å²) in [6, 6.07) is 4.92. The lowest BCUT2D eigenvalue weighted by Crippen LogP contribution is -2.43. The fourth-order valence-electron chi connectivity index (χ4n) is 2.19. The van der Waals surface area contributed by atoms with Crippen LogP contribution in [0.25, 0.3) is 0 Å². The number of rotatable bonds is 6. The molecule has 1 fully saturated rings. The Morgan fingerprint density at radius 2 is 1.50 bits per heavy atom. The van der Waals surface area contributed by atoms with E-state index in [1.165, 1.54) is 28.6 Å². The van der Waals surface area contributed by atoms with Gasteiger partial charge in [-0.1, -0.05) is 13.8 Å². The van der Waals surface area contributed by atoms with Crippen molar-refractivity contribution in [3.05, 3.63) is 24.3 Å². The molecular weight excluding hydrogens is 354 g/mol. The predicted octanol–water partition coefficient (Wildman–Crippen LogP) is 0.437. The summed E-state index contributed by atoms with van der Waals surface area (Å²) in [5.74, 6) is -0.840. The molecule has 1 aromatic rings. The molecule has 1 heterocycles. The lowest BCUT2D eigenvalue weighted by molar-refractivity contribution is -0.124. The smallest absolute Gasteiger partial charge is 0.257 e. The van der Waals surface area contributed by atoms with Crippen LogP contribution in [0.4, 0.5) is 0 Å². The number of nitrogens with zero attached hydrogens (tertiary/aromatic N) is 1. The molecule has 2 rings (SSSR count). The Morgan fingerprint density at radius 3 is 2.00 bits per heavy atom. The molecular formula is C14H21N3O5S2. The minimum absolute atomic E-state index is 0.0505. The van der Waals surface area contributed by atoms with Crippen LogP contribution in [0.1, 0.15) is 26.7 Å². The zero-order valence-electron chi connectivity index (χ0n) is 13.5. The molecule has 24 heavy (non-hydrogen) atoms. The summed E-state index contributed by atoms with van der Waals surface area (Å²) in [7, 11) is -7.55. The number of hydrogen-bond acceptors (Lipinski definition) is 5. The quantitative estimate of drug-likeness (QED) is 0.701. The van der Waals surface area contributed by atoms with E-state index in [1.54, 1.807) is 13.8 Å². The van der Waals surface area contributed by atoms with Gasteiger partial charge in [-0.25, -0.2) is 16.8 Å². The van der Waals surface area contributed by atoms with Gasteiger partial charge in [-0.2, -0.15) is 4.31 Å². The fourth-order valence-corrected chi connectivity index (χ4v) is 4.55. The standard InChI is InChI=1S/C14H21N3O5S2/c1-11(2)14(18)15-16-23(19,20)12-5-7-13(8-6-12)24(21,22)17-9-3-4-10-17/h5-8,11,16H,3-4,9-10H2,1-2H3,(H,15,18). The molecule has 1 aromatic carbocycles. The molecule has 2 N–H and O–H groups in total. The van der Waals surface area contributed by atoms with Crippen molar-refractivity contribution in [2.75, 3.05) is 13.1 Å². The molecule has 1 amide bonds. The number of nitrogens with one attached hydrogen (secondary N) is 2. The number of carbonyl (C=O) groups is 1. The molecule has 0 aliphatic carbocycles. The maximum atomic E-state index is 12.4. The Balaban J connectivity index is 2.15. The van der Waals surface area contributed by atoms with Gasteiger partial charge in [-0.15, -0.1) is 4.83 Å². The largest absolute Gasteiger partial charge is 0.277 e. The van der Waals surface area contributed by atoms with Crippen LogP contribution < -0.4 is 10.3 Å². The van der Waals surface area contributed by atoms with E-state index in [-0.39, 0.29) is 15.7 Å². The van der Waals surface area contributed by atoms with Crippen molar-refractivity contribution in [2.24, 2.45) is 5.92 Å². The third-order valence-electron chi connectivity index (χ3n) is 3.67. The maximum absolute atomic E-state index is 12.4. The van der Waals surface area contributed by atoms with E-state index in [0.29, 0.717) is 13.1 Å². The van der Waals surface area contributed by atoms with Gasteiger partial charge in [-0.3, -0.25) is 10.2 Å². The molecule has 0 saturated carbocycles. The summed E-state index contributed by atoms with van der Waals surface area (Å²) in [4.78, 5) is 13.3. The van der Waals surface area contributed by atoms with Crippen molar-refractivity contribution in [1.29, 1.82) is 0 Å². The van der Waals surface area contributed by atoms with Crippen LogP contribution in [0.5, 0.6) is 0 Å². The van der Waals surface area contributed by atoms with Gasteiger partial charge in [0.15, 0.2) is 0 Å². The van der Waals surface area contributed by atoms with E-state index in [9.17, 15) is 21.6 Å². The van der Waals surface area contributed by atoms with Crippen molar-refractivity contribution in [1.82, 2.24) is 14.6 Å². The Morgan fingerprint density at radius 1 is 1.00 bits per heavy atom. The first-order chi connectivity index (χ1) is 11.1. The lowest BCUT2D eigenvalue weighted by atomic mass is 10.2. The maximum Gasteiger partial charge on any atom is 0.257 e. The SMILES string of the molecule is CC(C)C(=O)NNS(=O)(=O)c1ccc(S(=O)(=O)N2CCCC2)cc1. The van der Waals surface area contributed by atoms with Crippen LogP contribution in [0.2, 0.25) is 0 Å². The van der Waals surface area contributed by atoms with Gasteiger partial charge < -0.3 is 0 Å². The highest BCUT2D eigenvalue weighted by Gasteiger charge is 2.27. The number of carbonyl (C=O) groups excluding carboxylic acids is 1. The molecule has 0 bridgehead atoms. The zero-order chi connectivity index (χ0) is 18.0. The summed E-state index contributed by atoms with van der Waals surface area (Å²) in [5.41, 5.74) is 2.11. The Labute approximate surface area is 142 Å². The first-order valence-corrected chi connectivity index (χ1v) is 10.5. The molecule has 8 nitrogen and oxygen atoms in total. The molecule has 10 heteroatoms. The summed E-state index contributed by atoms with van der Waals surface area (Å²) < 4.78 is 50.3. The highest BCUT2D eigenvalue weighted by atomic mass is 32.2. The third kappa shape index (κ3) is 4.12. The highest BCUT2D eigenvalue weighted by molar-refractivity contribution is 7.89. The molecule has 0 atom stereocenters. The Kier molecular flexibility index (Phi) is 5.63. The molecule has 0 radical (unpaired) electrons. The highest BCUT2D eigenvalue weighted by Crippen LogP contribution is 2.22. The van der Waals surface area contributed by atoms with Crippen LogP contribution in [0, 0.1) is 5.92 Å². The summed E-state index contributed by atoms with van der Waals surface area (Å²) in [5, 5.41) is 0. The number of hydrogen-bond donors (Lipinski definition) is 2. The van der Waals surface area contributed by atoms with Crippen LogP contribution in [-0.2, 0) is 24.8 Å². The first kappa shape index (κ1) is 18.8. The Bertz CT molecular complexity index is 795. The van der Waals surface area contributed by atoms with E-state index >= 15 is 0 Å². The van der Waals surface area contributed by atoms with Gasteiger partial charge in [0, 0.05) is 19.0 Å². The lowest BCUT2D eigenvalue weighted by Gasteiger charge is -2.15. The third-order valence-corrected chi connectivity index (χ3v) is 6.85. The summed E-state index contributed by atoms with van der Waals surface area (Å²) in [6.07, 6.45) is 1.65.